The van der Waals surface area contributed by atoms with Crippen molar-refractivity contribution in [2.45, 2.75) is 31.1 Å². The Morgan fingerprint density at radius 1 is 1.45 bits per heavy atom. The molecule has 4 nitrogen and oxygen atoms in total. The molecule has 2 aliphatic rings. The summed E-state index contributed by atoms with van der Waals surface area (Å²) < 4.78 is 5.70. The van der Waals surface area contributed by atoms with Gasteiger partial charge in [0.25, 0.3) is 0 Å². The van der Waals surface area contributed by atoms with E-state index in [0.717, 1.165) is 17.8 Å². The first-order valence-electron chi connectivity index (χ1n) is 7.34. The number of amides is 1. The average Bonchev–Trinajstić information content (AvgIpc) is 3.28. The lowest BCUT2D eigenvalue weighted by molar-refractivity contribution is -0.126. The maximum absolute atomic E-state index is 12.6. The summed E-state index contributed by atoms with van der Waals surface area (Å²) in [7, 11) is 0. The number of nitrogens with zero attached hydrogens (tertiary/aromatic N) is 1. The van der Waals surface area contributed by atoms with Crippen LogP contribution in [0.5, 0.6) is 0 Å². The van der Waals surface area contributed by atoms with Crippen LogP contribution in [0.1, 0.15) is 23.0 Å². The van der Waals surface area contributed by atoms with Crippen LogP contribution in [0.25, 0.3) is 0 Å². The van der Waals surface area contributed by atoms with Crippen molar-refractivity contribution >= 4 is 28.6 Å². The molecule has 4 atom stereocenters. The zero-order chi connectivity index (χ0) is 14.9. The van der Waals surface area contributed by atoms with Gasteiger partial charge < -0.3 is 10.1 Å². The molecule has 0 saturated carbocycles. The Labute approximate surface area is 136 Å². The third-order valence-electron chi connectivity index (χ3n) is 4.15. The fourth-order valence-electron chi connectivity index (χ4n) is 3.06. The summed E-state index contributed by atoms with van der Waals surface area (Å²) in [6, 6.07) is 2.03. The van der Waals surface area contributed by atoms with Crippen LogP contribution < -0.4 is 5.32 Å². The molecule has 0 unspecified atom stereocenters. The van der Waals surface area contributed by atoms with Gasteiger partial charge in [-0.1, -0.05) is 12.2 Å². The van der Waals surface area contributed by atoms with E-state index in [2.05, 4.69) is 33.2 Å². The van der Waals surface area contributed by atoms with Gasteiger partial charge in [0.05, 0.1) is 24.2 Å². The molecule has 0 radical (unpaired) electrons. The van der Waals surface area contributed by atoms with E-state index in [-0.39, 0.29) is 30.1 Å². The maximum atomic E-state index is 12.6. The lowest BCUT2D eigenvalue weighted by atomic mass is 9.93. The molecule has 2 aromatic rings. The molecule has 1 fully saturated rings. The second-order valence-corrected chi connectivity index (χ2v) is 7.34. The SMILES string of the molecule is O=C(N[C@@H](Cc1ccsc1)c1nccs1)[C@@H]1C[C@@H]2C=C[C@@H]1O2. The summed E-state index contributed by atoms with van der Waals surface area (Å²) in [5.74, 6) is 0.00668. The van der Waals surface area contributed by atoms with E-state index in [1.165, 1.54) is 5.56 Å². The molecule has 2 bridgehead atoms. The molecule has 1 saturated heterocycles. The van der Waals surface area contributed by atoms with Gasteiger partial charge in [-0.15, -0.1) is 11.3 Å². The first kappa shape index (κ1) is 14.1. The van der Waals surface area contributed by atoms with Crippen molar-refractivity contribution in [1.29, 1.82) is 0 Å². The van der Waals surface area contributed by atoms with Crippen molar-refractivity contribution in [2.24, 2.45) is 5.92 Å². The summed E-state index contributed by atoms with van der Waals surface area (Å²) in [4.78, 5) is 17.0. The molecule has 1 amide bonds. The van der Waals surface area contributed by atoms with Crippen LogP contribution in [0.3, 0.4) is 0 Å². The van der Waals surface area contributed by atoms with Gasteiger partial charge in [-0.3, -0.25) is 4.79 Å². The Balaban J connectivity index is 1.49. The summed E-state index contributed by atoms with van der Waals surface area (Å²) in [6.07, 6.45) is 7.49. The Bertz CT molecular complexity index is 666. The molecule has 0 spiro atoms. The fraction of sp³-hybridized carbons (Fsp3) is 0.375. The van der Waals surface area contributed by atoms with Crippen LogP contribution in [0.2, 0.25) is 0 Å². The van der Waals surface area contributed by atoms with Crippen molar-refractivity contribution in [1.82, 2.24) is 10.3 Å². The predicted octanol–water partition coefficient (Wildman–Crippen LogP) is 2.95. The van der Waals surface area contributed by atoms with Crippen molar-refractivity contribution in [2.75, 3.05) is 0 Å². The highest BCUT2D eigenvalue weighted by Gasteiger charge is 2.41. The summed E-state index contributed by atoms with van der Waals surface area (Å²) >= 11 is 3.26. The number of fused-ring (bicyclic) bond motifs is 2. The highest BCUT2D eigenvalue weighted by atomic mass is 32.1. The minimum Gasteiger partial charge on any atom is -0.366 e. The molecule has 114 valence electrons. The van der Waals surface area contributed by atoms with Crippen molar-refractivity contribution in [3.63, 3.8) is 0 Å². The van der Waals surface area contributed by atoms with Gasteiger partial charge in [-0.05, 0) is 28.8 Å². The largest absolute Gasteiger partial charge is 0.366 e. The number of hydrogen-bond acceptors (Lipinski definition) is 5. The topological polar surface area (TPSA) is 51.2 Å². The highest BCUT2D eigenvalue weighted by Crippen LogP contribution is 2.34. The molecule has 4 heterocycles. The Kier molecular flexibility index (Phi) is 3.82. The van der Waals surface area contributed by atoms with E-state index in [0.29, 0.717) is 0 Å². The van der Waals surface area contributed by atoms with Gasteiger partial charge in [0.2, 0.25) is 5.91 Å². The van der Waals surface area contributed by atoms with Gasteiger partial charge in [0, 0.05) is 18.0 Å². The van der Waals surface area contributed by atoms with Gasteiger partial charge in [-0.25, -0.2) is 4.98 Å². The number of hydrogen-bond donors (Lipinski definition) is 1. The summed E-state index contributed by atoms with van der Waals surface area (Å²) in [6.45, 7) is 0. The number of rotatable bonds is 5. The zero-order valence-corrected chi connectivity index (χ0v) is 13.5. The second kappa shape index (κ2) is 5.95. The highest BCUT2D eigenvalue weighted by molar-refractivity contribution is 7.09. The van der Waals surface area contributed by atoms with Crippen LogP contribution in [0.4, 0.5) is 0 Å². The molecule has 0 aromatic carbocycles. The first-order chi connectivity index (χ1) is 10.8. The van der Waals surface area contributed by atoms with Crippen LogP contribution in [0.15, 0.2) is 40.6 Å². The zero-order valence-electron chi connectivity index (χ0n) is 11.8. The molecule has 2 aliphatic heterocycles. The Morgan fingerprint density at radius 3 is 3.05 bits per heavy atom. The van der Waals surface area contributed by atoms with Gasteiger partial charge in [0.1, 0.15) is 5.01 Å². The number of aromatic nitrogens is 1. The summed E-state index contributed by atoms with van der Waals surface area (Å²) in [5.41, 5.74) is 1.23. The van der Waals surface area contributed by atoms with E-state index >= 15 is 0 Å². The molecule has 0 aliphatic carbocycles. The lowest BCUT2D eigenvalue weighted by Crippen LogP contribution is -2.38. The van der Waals surface area contributed by atoms with Crippen LogP contribution in [0, 0.1) is 5.92 Å². The van der Waals surface area contributed by atoms with Crippen LogP contribution in [-0.2, 0) is 16.0 Å². The number of carbonyl (C=O) groups is 1. The minimum atomic E-state index is -0.0695. The number of carbonyl (C=O) groups excluding carboxylic acids is 1. The van der Waals surface area contributed by atoms with E-state index in [1.54, 1.807) is 28.9 Å². The molecule has 4 rings (SSSR count). The predicted molar refractivity (Wildman–Crippen MR) is 86.9 cm³/mol. The number of nitrogens with one attached hydrogen (secondary N) is 1. The Hall–Kier alpha value is -1.50. The molecular formula is C16H16N2O2S2. The monoisotopic (exact) mass is 332 g/mol. The van der Waals surface area contributed by atoms with Crippen LogP contribution in [-0.4, -0.2) is 23.1 Å². The maximum Gasteiger partial charge on any atom is 0.226 e. The third kappa shape index (κ3) is 2.74. The number of thiophene rings is 1. The van der Waals surface area contributed by atoms with Crippen molar-refractivity contribution in [3.05, 3.63) is 51.1 Å². The van der Waals surface area contributed by atoms with Crippen LogP contribution >= 0.6 is 22.7 Å². The van der Waals surface area contributed by atoms with Gasteiger partial charge in [0.15, 0.2) is 0 Å². The van der Waals surface area contributed by atoms with E-state index < -0.39 is 0 Å². The molecular weight excluding hydrogens is 316 g/mol. The normalized spacial score (nSPS) is 27.2. The first-order valence-corrected chi connectivity index (χ1v) is 9.16. The van der Waals surface area contributed by atoms with E-state index in [4.69, 9.17) is 4.74 Å². The molecule has 22 heavy (non-hydrogen) atoms. The molecule has 1 N–H and O–H groups in total. The minimum absolute atomic E-state index is 0.0527. The smallest absolute Gasteiger partial charge is 0.226 e. The molecule has 2 aromatic heterocycles. The van der Waals surface area contributed by atoms with Crippen molar-refractivity contribution < 1.29 is 9.53 Å². The second-order valence-electron chi connectivity index (χ2n) is 5.63. The van der Waals surface area contributed by atoms with E-state index in [1.807, 2.05) is 11.5 Å². The lowest BCUT2D eigenvalue weighted by Gasteiger charge is -2.21. The Morgan fingerprint density at radius 2 is 2.41 bits per heavy atom. The quantitative estimate of drug-likeness (QED) is 0.857. The van der Waals surface area contributed by atoms with E-state index in [9.17, 15) is 4.79 Å². The average molecular weight is 332 g/mol. The third-order valence-corrected chi connectivity index (χ3v) is 5.77. The summed E-state index contributed by atoms with van der Waals surface area (Å²) in [5, 5.41) is 10.3. The fourth-order valence-corrected chi connectivity index (χ4v) is 4.43. The van der Waals surface area contributed by atoms with Gasteiger partial charge in [-0.2, -0.15) is 11.3 Å². The standard InChI is InChI=1S/C16H16N2O2S2/c19-15(12-8-11-1-2-14(12)20-11)18-13(16-17-4-6-22-16)7-10-3-5-21-9-10/h1-6,9,11-14H,7-8H2,(H,18,19)/t11-,12+,13-,14-/m0/s1. The molecule has 6 heteroatoms. The van der Waals surface area contributed by atoms with Crippen molar-refractivity contribution in [3.8, 4) is 0 Å². The van der Waals surface area contributed by atoms with Gasteiger partial charge >= 0.3 is 0 Å². The number of ether oxygens (including phenoxy) is 1. The number of thiazole rings is 1.